The third kappa shape index (κ3) is 4.34. The Morgan fingerprint density at radius 2 is 2.27 bits per heavy atom. The molecule has 0 unspecified atom stereocenters. The Morgan fingerprint density at radius 1 is 1.47 bits per heavy atom. The van der Waals surface area contributed by atoms with Gasteiger partial charge in [0.25, 0.3) is 0 Å². The average Bonchev–Trinajstić information content (AvgIpc) is 2.23. The Hall–Kier alpha value is -1.03. The topological polar surface area (TPSA) is 47.0 Å². The van der Waals surface area contributed by atoms with Crippen LogP contribution in [0.4, 0.5) is 5.95 Å². The largest absolute Gasteiger partial charge is 0.478 e. The van der Waals surface area contributed by atoms with E-state index in [9.17, 15) is 0 Å². The number of nitrogens with zero attached hydrogens (tertiary/aromatic N) is 2. The van der Waals surface area contributed by atoms with Gasteiger partial charge in [-0.2, -0.15) is 4.98 Å². The molecule has 0 saturated carbocycles. The summed E-state index contributed by atoms with van der Waals surface area (Å²) < 4.78 is 5.43. The van der Waals surface area contributed by atoms with Gasteiger partial charge in [-0.1, -0.05) is 6.92 Å². The highest BCUT2D eigenvalue weighted by Gasteiger charge is 2.01. The molecule has 15 heavy (non-hydrogen) atoms. The highest BCUT2D eigenvalue weighted by molar-refractivity contribution is 6.18. The van der Waals surface area contributed by atoms with Crippen molar-refractivity contribution in [2.24, 2.45) is 0 Å². The molecule has 0 aliphatic carbocycles. The van der Waals surface area contributed by atoms with E-state index in [-0.39, 0.29) is 0 Å². The van der Waals surface area contributed by atoms with Crippen LogP contribution in [-0.2, 0) is 0 Å². The smallest absolute Gasteiger partial charge is 0.226 e. The summed E-state index contributed by atoms with van der Waals surface area (Å²) in [6, 6.07) is 1.82. The first-order chi connectivity index (χ1) is 7.26. The molecule has 1 N–H and O–H groups in total. The molecule has 0 fully saturated rings. The molecule has 1 aromatic heterocycles. The van der Waals surface area contributed by atoms with E-state index >= 15 is 0 Å². The highest BCUT2D eigenvalue weighted by atomic mass is 35.5. The van der Waals surface area contributed by atoms with E-state index < -0.39 is 0 Å². The van der Waals surface area contributed by atoms with Gasteiger partial charge in [0.2, 0.25) is 11.8 Å². The van der Waals surface area contributed by atoms with Gasteiger partial charge in [0.15, 0.2) is 0 Å². The summed E-state index contributed by atoms with van der Waals surface area (Å²) in [7, 11) is 0. The SMILES string of the molecule is CCCOc1cc(C)nc(NCCCl)n1. The van der Waals surface area contributed by atoms with Crippen molar-refractivity contribution in [3.8, 4) is 5.88 Å². The van der Waals surface area contributed by atoms with Crippen LogP contribution in [-0.4, -0.2) is 29.0 Å². The van der Waals surface area contributed by atoms with Crippen LogP contribution >= 0.6 is 11.6 Å². The summed E-state index contributed by atoms with van der Waals surface area (Å²) in [5.41, 5.74) is 0.883. The molecule has 1 aromatic rings. The van der Waals surface area contributed by atoms with Crippen molar-refractivity contribution in [3.05, 3.63) is 11.8 Å². The number of nitrogens with one attached hydrogen (secondary N) is 1. The number of aryl methyl sites for hydroxylation is 1. The maximum absolute atomic E-state index is 5.57. The lowest BCUT2D eigenvalue weighted by Gasteiger charge is -2.07. The molecular formula is C10H16ClN3O. The minimum atomic E-state index is 0.530. The summed E-state index contributed by atoms with van der Waals surface area (Å²) in [5, 5.41) is 3.02. The predicted octanol–water partition coefficient (Wildman–Crippen LogP) is 2.22. The zero-order valence-corrected chi connectivity index (χ0v) is 9.84. The maximum atomic E-state index is 5.57. The molecule has 0 aliphatic rings. The standard InChI is InChI=1S/C10H16ClN3O/c1-3-6-15-9-7-8(2)13-10(14-9)12-5-4-11/h7H,3-6H2,1-2H3,(H,12,13,14). The molecule has 0 atom stereocenters. The van der Waals surface area contributed by atoms with Gasteiger partial charge in [-0.3, -0.25) is 0 Å². The molecule has 0 aromatic carbocycles. The minimum Gasteiger partial charge on any atom is -0.478 e. The molecule has 0 aliphatic heterocycles. The zero-order valence-electron chi connectivity index (χ0n) is 9.09. The van der Waals surface area contributed by atoms with Gasteiger partial charge in [0.05, 0.1) is 6.61 Å². The van der Waals surface area contributed by atoms with E-state index in [0.29, 0.717) is 30.9 Å². The molecule has 1 heterocycles. The minimum absolute atomic E-state index is 0.530. The molecule has 4 nitrogen and oxygen atoms in total. The van der Waals surface area contributed by atoms with Gasteiger partial charge in [-0.05, 0) is 13.3 Å². The van der Waals surface area contributed by atoms with E-state index in [4.69, 9.17) is 16.3 Å². The summed E-state index contributed by atoms with van der Waals surface area (Å²) >= 11 is 5.57. The van der Waals surface area contributed by atoms with Crippen LogP contribution in [0.15, 0.2) is 6.07 Å². The molecular weight excluding hydrogens is 214 g/mol. The predicted molar refractivity (Wildman–Crippen MR) is 61.8 cm³/mol. The third-order valence-corrected chi connectivity index (χ3v) is 1.85. The third-order valence-electron chi connectivity index (χ3n) is 1.66. The van der Waals surface area contributed by atoms with Gasteiger partial charge < -0.3 is 10.1 Å². The normalized spacial score (nSPS) is 10.1. The van der Waals surface area contributed by atoms with Crippen LogP contribution in [0.5, 0.6) is 5.88 Å². The summed E-state index contributed by atoms with van der Waals surface area (Å²) in [6.45, 7) is 5.29. The fourth-order valence-corrected chi connectivity index (χ4v) is 1.15. The van der Waals surface area contributed by atoms with Crippen molar-refractivity contribution in [3.63, 3.8) is 0 Å². The lowest BCUT2D eigenvalue weighted by Crippen LogP contribution is -2.08. The van der Waals surface area contributed by atoms with Crippen molar-refractivity contribution in [2.45, 2.75) is 20.3 Å². The number of hydrogen-bond acceptors (Lipinski definition) is 4. The molecule has 0 radical (unpaired) electrons. The van der Waals surface area contributed by atoms with E-state index in [0.717, 1.165) is 12.1 Å². The molecule has 1 rings (SSSR count). The zero-order chi connectivity index (χ0) is 11.1. The molecule has 0 spiro atoms. The number of ether oxygens (including phenoxy) is 1. The Bertz CT molecular complexity index is 280. The van der Waals surface area contributed by atoms with Crippen LogP contribution in [0.3, 0.4) is 0 Å². The quantitative estimate of drug-likeness (QED) is 0.760. The number of halogens is 1. The van der Waals surface area contributed by atoms with Crippen LogP contribution in [0, 0.1) is 6.92 Å². The van der Waals surface area contributed by atoms with Gasteiger partial charge in [-0.15, -0.1) is 11.6 Å². The Kier molecular flexibility index (Phi) is 5.18. The van der Waals surface area contributed by atoms with Crippen molar-refractivity contribution in [1.82, 2.24) is 9.97 Å². The van der Waals surface area contributed by atoms with Crippen molar-refractivity contribution in [2.75, 3.05) is 24.3 Å². The molecule has 84 valence electrons. The Labute approximate surface area is 95.0 Å². The molecule has 5 heteroatoms. The van der Waals surface area contributed by atoms with E-state index in [1.807, 2.05) is 13.0 Å². The van der Waals surface area contributed by atoms with Crippen molar-refractivity contribution < 1.29 is 4.74 Å². The molecule has 0 bridgehead atoms. The lowest BCUT2D eigenvalue weighted by molar-refractivity contribution is 0.305. The van der Waals surface area contributed by atoms with E-state index in [1.54, 1.807) is 0 Å². The second-order valence-corrected chi connectivity index (χ2v) is 3.51. The van der Waals surface area contributed by atoms with Gasteiger partial charge in [0.1, 0.15) is 0 Å². The molecule has 0 saturated heterocycles. The number of hydrogen-bond donors (Lipinski definition) is 1. The van der Waals surface area contributed by atoms with Gasteiger partial charge in [0, 0.05) is 24.2 Å². The van der Waals surface area contributed by atoms with Crippen molar-refractivity contribution in [1.29, 1.82) is 0 Å². The Morgan fingerprint density at radius 3 is 2.93 bits per heavy atom. The number of aromatic nitrogens is 2. The average molecular weight is 230 g/mol. The first-order valence-electron chi connectivity index (χ1n) is 5.04. The van der Waals surface area contributed by atoms with Crippen molar-refractivity contribution >= 4 is 17.5 Å². The van der Waals surface area contributed by atoms with E-state index in [2.05, 4.69) is 22.2 Å². The monoisotopic (exact) mass is 229 g/mol. The second-order valence-electron chi connectivity index (χ2n) is 3.14. The second kappa shape index (κ2) is 6.45. The summed E-state index contributed by atoms with van der Waals surface area (Å²) in [5.74, 6) is 1.71. The summed E-state index contributed by atoms with van der Waals surface area (Å²) in [4.78, 5) is 8.42. The van der Waals surface area contributed by atoms with Crippen LogP contribution in [0.2, 0.25) is 0 Å². The molecule has 0 amide bonds. The lowest BCUT2D eigenvalue weighted by atomic mass is 10.4. The number of anilines is 1. The van der Waals surface area contributed by atoms with Crippen LogP contribution in [0.1, 0.15) is 19.0 Å². The van der Waals surface area contributed by atoms with Gasteiger partial charge in [-0.25, -0.2) is 4.98 Å². The van der Waals surface area contributed by atoms with Gasteiger partial charge >= 0.3 is 0 Å². The number of rotatable bonds is 6. The fourth-order valence-electron chi connectivity index (χ4n) is 1.06. The first-order valence-corrected chi connectivity index (χ1v) is 5.58. The fraction of sp³-hybridized carbons (Fsp3) is 0.600. The first kappa shape index (κ1) is 12.0. The number of alkyl halides is 1. The summed E-state index contributed by atoms with van der Waals surface area (Å²) in [6.07, 6.45) is 0.966. The van der Waals surface area contributed by atoms with E-state index in [1.165, 1.54) is 0 Å². The van der Waals surface area contributed by atoms with Crippen LogP contribution < -0.4 is 10.1 Å². The Balaban J connectivity index is 2.66. The highest BCUT2D eigenvalue weighted by Crippen LogP contribution is 2.11. The maximum Gasteiger partial charge on any atom is 0.226 e. The van der Waals surface area contributed by atoms with Crippen LogP contribution in [0.25, 0.3) is 0 Å².